The van der Waals surface area contributed by atoms with Crippen LogP contribution in [0.3, 0.4) is 0 Å². The average molecular weight is 1070 g/mol. The molecule has 0 aromatic heterocycles. The van der Waals surface area contributed by atoms with Crippen molar-refractivity contribution in [2.75, 3.05) is 119 Å². The highest BCUT2D eigenvalue weighted by Crippen LogP contribution is 2.29. The molecule has 0 spiro atoms. The SMILES string of the molecule is CC(C)(C)C1COCOC1.CC(C)C1CCCOC1.CC(C)C1CCOC1.CC(C)C1CCOCC1.CC(C)CC1CCCOC1.CC(C)CC1CCOC1.CC(C)CC1CCOCC1.CC(C)CC1COCOC1. The van der Waals surface area contributed by atoms with Gasteiger partial charge < -0.3 is 47.4 Å². The van der Waals surface area contributed by atoms with E-state index in [4.69, 9.17) is 47.4 Å². The molecule has 8 fully saturated rings. The fourth-order valence-electron chi connectivity index (χ4n) is 10.8. The molecular weight excluding hydrogens is 941 g/mol. The molecule has 10 nitrogen and oxygen atoms in total. The van der Waals surface area contributed by atoms with Gasteiger partial charge in [-0.05, 0) is 172 Å². The topological polar surface area (TPSA) is 92.3 Å². The Morgan fingerprint density at radius 2 is 0.613 bits per heavy atom. The second-order valence-electron chi connectivity index (χ2n) is 27.3. The highest BCUT2D eigenvalue weighted by atomic mass is 16.7. The molecule has 4 atom stereocenters. The molecule has 10 heteroatoms. The molecule has 4 unspecified atom stereocenters. The third kappa shape index (κ3) is 41.3. The molecule has 450 valence electrons. The van der Waals surface area contributed by atoms with Crippen LogP contribution >= 0.6 is 0 Å². The Morgan fingerprint density at radius 1 is 0.293 bits per heavy atom. The number of hydrogen-bond donors (Lipinski definition) is 0. The summed E-state index contributed by atoms with van der Waals surface area (Å²) in [6.45, 7) is 54.9. The van der Waals surface area contributed by atoms with E-state index in [9.17, 15) is 0 Å². The average Bonchev–Trinajstić information content (AvgIpc) is 4.13. The molecule has 8 heterocycles. The summed E-state index contributed by atoms with van der Waals surface area (Å²) in [5.41, 5.74) is 0.320. The minimum Gasteiger partial charge on any atom is -0.381 e. The van der Waals surface area contributed by atoms with Crippen molar-refractivity contribution in [1.29, 1.82) is 0 Å². The van der Waals surface area contributed by atoms with E-state index >= 15 is 0 Å². The molecule has 8 aliphatic heterocycles. The van der Waals surface area contributed by atoms with Gasteiger partial charge in [-0.3, -0.25) is 0 Å². The van der Waals surface area contributed by atoms with E-state index in [0.29, 0.717) is 30.8 Å². The van der Waals surface area contributed by atoms with Gasteiger partial charge >= 0.3 is 0 Å². The van der Waals surface area contributed by atoms with Gasteiger partial charge in [0, 0.05) is 91.1 Å². The first-order chi connectivity index (χ1) is 35.7. The van der Waals surface area contributed by atoms with Crippen LogP contribution in [-0.4, -0.2) is 119 Å². The third-order valence-corrected chi connectivity index (χ3v) is 16.0. The predicted molar refractivity (Wildman–Crippen MR) is 314 cm³/mol. The van der Waals surface area contributed by atoms with Crippen molar-refractivity contribution in [2.45, 2.75) is 208 Å². The van der Waals surface area contributed by atoms with Crippen LogP contribution in [0, 0.1) is 94.2 Å². The van der Waals surface area contributed by atoms with E-state index in [1.807, 2.05) is 0 Å². The third-order valence-electron chi connectivity index (χ3n) is 16.0. The van der Waals surface area contributed by atoms with E-state index in [1.54, 1.807) is 0 Å². The Balaban J connectivity index is 0.000000429. The fraction of sp³-hybridized carbons (Fsp3) is 1.00. The van der Waals surface area contributed by atoms with Gasteiger partial charge in [-0.2, -0.15) is 0 Å². The fourth-order valence-corrected chi connectivity index (χ4v) is 10.8. The van der Waals surface area contributed by atoms with Gasteiger partial charge in [0.1, 0.15) is 13.6 Å². The summed E-state index contributed by atoms with van der Waals surface area (Å²) in [4.78, 5) is 0. The Bertz CT molecular complexity index is 1110. The summed E-state index contributed by atoms with van der Waals surface area (Å²) in [5.74, 6) is 12.3. The van der Waals surface area contributed by atoms with Gasteiger partial charge in [-0.15, -0.1) is 0 Å². The predicted octanol–water partition coefficient (Wildman–Crippen LogP) is 16.1. The molecular formula is C65H130O10. The lowest BCUT2D eigenvalue weighted by molar-refractivity contribution is -0.146. The summed E-state index contributed by atoms with van der Waals surface area (Å²) in [6, 6.07) is 0. The largest absolute Gasteiger partial charge is 0.381 e. The summed E-state index contributed by atoms with van der Waals surface area (Å²) in [7, 11) is 0. The molecule has 8 rings (SSSR count). The van der Waals surface area contributed by atoms with Crippen molar-refractivity contribution in [3.63, 3.8) is 0 Å². The molecule has 0 amide bonds. The van der Waals surface area contributed by atoms with E-state index in [0.717, 1.165) is 183 Å². The molecule has 8 aliphatic rings. The minimum absolute atomic E-state index is 0.320. The molecule has 0 aromatic carbocycles. The molecule has 0 saturated carbocycles. The molecule has 0 aliphatic carbocycles. The number of hydrogen-bond acceptors (Lipinski definition) is 10. The summed E-state index contributed by atoms with van der Waals surface area (Å²) >= 11 is 0. The van der Waals surface area contributed by atoms with Gasteiger partial charge in [0.2, 0.25) is 0 Å². The van der Waals surface area contributed by atoms with E-state index < -0.39 is 0 Å². The van der Waals surface area contributed by atoms with Crippen LogP contribution in [0.5, 0.6) is 0 Å². The summed E-state index contributed by atoms with van der Waals surface area (Å²) < 4.78 is 52.4. The van der Waals surface area contributed by atoms with E-state index in [2.05, 4.69) is 118 Å². The van der Waals surface area contributed by atoms with Crippen LogP contribution in [0.2, 0.25) is 0 Å². The molecule has 0 aromatic rings. The second kappa shape index (κ2) is 45.2. The van der Waals surface area contributed by atoms with Gasteiger partial charge in [0.05, 0.1) is 26.4 Å². The lowest BCUT2D eigenvalue weighted by Gasteiger charge is -2.33. The van der Waals surface area contributed by atoms with Gasteiger partial charge in [-0.25, -0.2) is 0 Å². The van der Waals surface area contributed by atoms with Crippen LogP contribution in [-0.2, 0) is 47.4 Å². The smallest absolute Gasteiger partial charge is 0.146 e. The zero-order valence-electron chi connectivity index (χ0n) is 52.9. The van der Waals surface area contributed by atoms with Crippen molar-refractivity contribution >= 4 is 0 Å². The Hall–Kier alpha value is -0.400. The van der Waals surface area contributed by atoms with Crippen LogP contribution in [0.15, 0.2) is 0 Å². The monoisotopic (exact) mass is 1070 g/mol. The first-order valence-corrected chi connectivity index (χ1v) is 31.4. The highest BCUT2D eigenvalue weighted by Gasteiger charge is 2.27. The second-order valence-corrected chi connectivity index (χ2v) is 27.3. The minimum atomic E-state index is 0.320. The molecule has 0 N–H and O–H groups in total. The van der Waals surface area contributed by atoms with Gasteiger partial charge in [-0.1, -0.05) is 118 Å². The Kier molecular flexibility index (Phi) is 43.8. The van der Waals surface area contributed by atoms with Crippen LogP contribution in [0.1, 0.15) is 208 Å². The van der Waals surface area contributed by atoms with Crippen molar-refractivity contribution < 1.29 is 47.4 Å². The van der Waals surface area contributed by atoms with Crippen LogP contribution < -0.4 is 0 Å². The molecule has 75 heavy (non-hydrogen) atoms. The maximum atomic E-state index is 5.38. The summed E-state index contributed by atoms with van der Waals surface area (Å²) in [6.07, 6.45) is 18.3. The van der Waals surface area contributed by atoms with Crippen molar-refractivity contribution in [3.8, 4) is 0 Å². The maximum absolute atomic E-state index is 5.38. The first-order valence-electron chi connectivity index (χ1n) is 31.4. The van der Waals surface area contributed by atoms with Crippen molar-refractivity contribution in [3.05, 3.63) is 0 Å². The molecule has 8 saturated heterocycles. The Morgan fingerprint density at radius 3 is 0.960 bits per heavy atom. The van der Waals surface area contributed by atoms with E-state index in [-0.39, 0.29) is 0 Å². The molecule has 0 bridgehead atoms. The highest BCUT2D eigenvalue weighted by molar-refractivity contribution is 4.75. The molecule has 0 radical (unpaired) electrons. The van der Waals surface area contributed by atoms with Crippen molar-refractivity contribution in [2.24, 2.45) is 94.2 Å². The normalized spacial score (nSPS) is 25.3. The van der Waals surface area contributed by atoms with Gasteiger partial charge in [0.15, 0.2) is 0 Å². The number of ether oxygens (including phenoxy) is 10. The van der Waals surface area contributed by atoms with Gasteiger partial charge in [0.25, 0.3) is 0 Å². The van der Waals surface area contributed by atoms with Crippen LogP contribution in [0.25, 0.3) is 0 Å². The lowest BCUT2D eigenvalue weighted by atomic mass is 9.81. The first kappa shape index (κ1) is 72.6. The quantitative estimate of drug-likeness (QED) is 0.199. The zero-order valence-corrected chi connectivity index (χ0v) is 52.9. The Labute approximate surface area is 466 Å². The lowest BCUT2D eigenvalue weighted by Crippen LogP contribution is -2.33. The standard InChI is InChI=1S/2C9H18O.2C8H16O2.3C8H16O.C7H14O/c1-8(2)7-9-3-5-10-6-4-9;1-8(2)6-9-4-3-5-10-7-9;1-8(2,3)7-4-9-6-10-5-7;1-7(2)3-8-4-9-6-10-5-8;1-7(2)8-3-5-9-6-4-8;1-7(2)5-8-3-4-9-6-8;1-7(2)8-4-3-5-9-6-8;1-6(2)7-3-4-8-5-7/h2*8-9H,3-7H2,1-2H3;7H,4-6H2,1-3H3;7-8H,3-6H2,1-2H3;3*7-8H,3-6H2,1-2H3;6-7H,3-5H2,1-2H3. The van der Waals surface area contributed by atoms with E-state index in [1.165, 1.54) is 89.9 Å². The summed E-state index contributed by atoms with van der Waals surface area (Å²) in [5, 5.41) is 0. The maximum Gasteiger partial charge on any atom is 0.146 e. The zero-order chi connectivity index (χ0) is 55.9. The van der Waals surface area contributed by atoms with Crippen LogP contribution in [0.4, 0.5) is 0 Å². The van der Waals surface area contributed by atoms with Crippen molar-refractivity contribution in [1.82, 2.24) is 0 Å². The number of rotatable bonds is 11.